The molecule has 0 aromatic heterocycles. The third kappa shape index (κ3) is 9.43. The van der Waals surface area contributed by atoms with E-state index < -0.39 is 12.0 Å². The first-order chi connectivity index (χ1) is 11.0. The number of rotatable bonds is 11. The van der Waals surface area contributed by atoms with Gasteiger partial charge in [0.25, 0.3) is 0 Å². The highest BCUT2D eigenvalue weighted by Gasteiger charge is 2.23. The lowest BCUT2D eigenvalue weighted by Crippen LogP contribution is -2.42. The van der Waals surface area contributed by atoms with Crippen LogP contribution < -0.4 is 10.6 Å². The van der Waals surface area contributed by atoms with Gasteiger partial charge in [-0.15, -0.1) is 0 Å². The zero-order valence-electron chi connectivity index (χ0n) is 15.8. The number of ketones is 2. The van der Waals surface area contributed by atoms with Crippen LogP contribution in [0.15, 0.2) is 0 Å². The highest BCUT2D eigenvalue weighted by molar-refractivity contribution is 5.92. The van der Waals surface area contributed by atoms with E-state index in [4.69, 9.17) is 0 Å². The molecule has 6 heteroatoms. The molecule has 0 saturated carbocycles. The van der Waals surface area contributed by atoms with Gasteiger partial charge in [0.2, 0.25) is 11.8 Å². The molecule has 6 nitrogen and oxygen atoms in total. The first-order valence-corrected chi connectivity index (χ1v) is 8.66. The molecule has 2 amide bonds. The fourth-order valence-corrected chi connectivity index (χ4v) is 2.00. The van der Waals surface area contributed by atoms with E-state index in [2.05, 4.69) is 10.6 Å². The molecular weight excluding hydrogens is 308 g/mol. The van der Waals surface area contributed by atoms with E-state index >= 15 is 0 Å². The van der Waals surface area contributed by atoms with Crippen LogP contribution in [0.2, 0.25) is 0 Å². The van der Waals surface area contributed by atoms with Crippen molar-refractivity contribution in [3.05, 3.63) is 0 Å². The fraction of sp³-hybridized carbons (Fsp3) is 0.778. The number of hydrogen-bond acceptors (Lipinski definition) is 4. The minimum absolute atomic E-state index is 0.0439. The molecule has 0 heterocycles. The number of Topliss-reactive ketones (excluding diaryl/α,β-unsaturated/α-hetero) is 2. The molecule has 0 saturated heterocycles. The second-order valence-corrected chi connectivity index (χ2v) is 6.96. The molecule has 0 rings (SSSR count). The SMILES string of the molecule is CC(=O)CCCC(=O)NC(C)C(=O)CC(C)C(=O)NC(C)C(C)C. The zero-order valence-corrected chi connectivity index (χ0v) is 15.8. The van der Waals surface area contributed by atoms with Gasteiger partial charge < -0.3 is 15.4 Å². The van der Waals surface area contributed by atoms with Crippen molar-refractivity contribution in [1.82, 2.24) is 10.6 Å². The van der Waals surface area contributed by atoms with Crippen LogP contribution >= 0.6 is 0 Å². The maximum Gasteiger partial charge on any atom is 0.223 e. The molecule has 0 fully saturated rings. The van der Waals surface area contributed by atoms with Crippen LogP contribution in [0.4, 0.5) is 0 Å². The Balaban J connectivity index is 4.26. The van der Waals surface area contributed by atoms with Gasteiger partial charge in [0.1, 0.15) is 5.78 Å². The zero-order chi connectivity index (χ0) is 18.9. The average Bonchev–Trinajstić information content (AvgIpc) is 2.46. The van der Waals surface area contributed by atoms with Crippen LogP contribution in [-0.2, 0) is 19.2 Å². The van der Waals surface area contributed by atoms with Crippen molar-refractivity contribution in [2.75, 3.05) is 0 Å². The van der Waals surface area contributed by atoms with Crippen LogP contribution in [-0.4, -0.2) is 35.5 Å². The molecule has 0 spiro atoms. The summed E-state index contributed by atoms with van der Waals surface area (Å²) < 4.78 is 0. The molecule has 0 aliphatic carbocycles. The summed E-state index contributed by atoms with van der Waals surface area (Å²) in [6.45, 7) is 10.8. The van der Waals surface area contributed by atoms with Gasteiger partial charge in [-0.25, -0.2) is 0 Å². The summed E-state index contributed by atoms with van der Waals surface area (Å²) >= 11 is 0. The van der Waals surface area contributed by atoms with E-state index in [1.807, 2.05) is 20.8 Å². The summed E-state index contributed by atoms with van der Waals surface area (Å²) in [7, 11) is 0. The maximum absolute atomic E-state index is 12.1. The van der Waals surface area contributed by atoms with E-state index in [0.717, 1.165) is 0 Å². The molecule has 2 N–H and O–H groups in total. The summed E-state index contributed by atoms with van der Waals surface area (Å²) in [6.07, 6.45) is 1.15. The Bertz CT molecular complexity index is 460. The Morgan fingerprint density at radius 1 is 0.875 bits per heavy atom. The molecule has 0 aromatic carbocycles. The quantitative estimate of drug-likeness (QED) is 0.602. The molecule has 138 valence electrons. The summed E-state index contributed by atoms with van der Waals surface area (Å²) in [5.41, 5.74) is 0. The Kier molecular flexibility index (Phi) is 10.2. The smallest absolute Gasteiger partial charge is 0.223 e. The lowest BCUT2D eigenvalue weighted by Gasteiger charge is -2.21. The minimum atomic E-state index is -0.632. The Labute approximate surface area is 145 Å². The normalized spacial score (nSPS) is 14.6. The van der Waals surface area contributed by atoms with Gasteiger partial charge in [-0.05, 0) is 33.1 Å². The number of hydrogen-bond donors (Lipinski definition) is 2. The Morgan fingerprint density at radius 3 is 1.96 bits per heavy atom. The highest BCUT2D eigenvalue weighted by atomic mass is 16.2. The Morgan fingerprint density at radius 2 is 1.46 bits per heavy atom. The summed E-state index contributed by atoms with van der Waals surface area (Å²) in [5.74, 6) is -0.634. The van der Waals surface area contributed by atoms with Gasteiger partial charge in [-0.2, -0.15) is 0 Å². The largest absolute Gasteiger partial charge is 0.353 e. The average molecular weight is 340 g/mol. The summed E-state index contributed by atoms with van der Waals surface area (Å²) in [4.78, 5) is 46.8. The van der Waals surface area contributed by atoms with Crippen molar-refractivity contribution in [1.29, 1.82) is 0 Å². The molecule has 0 bridgehead atoms. The van der Waals surface area contributed by atoms with Crippen LogP contribution in [0.3, 0.4) is 0 Å². The third-order valence-corrected chi connectivity index (χ3v) is 4.12. The molecule has 3 atom stereocenters. The number of carbonyl (C=O) groups is 4. The topological polar surface area (TPSA) is 92.3 Å². The van der Waals surface area contributed by atoms with Gasteiger partial charge >= 0.3 is 0 Å². The minimum Gasteiger partial charge on any atom is -0.353 e. The predicted octanol–water partition coefficient (Wildman–Crippen LogP) is 2.01. The third-order valence-electron chi connectivity index (χ3n) is 4.12. The molecule has 0 radical (unpaired) electrons. The van der Waals surface area contributed by atoms with E-state index in [9.17, 15) is 19.2 Å². The first kappa shape index (κ1) is 22.3. The molecule has 24 heavy (non-hydrogen) atoms. The molecular formula is C18H32N2O4. The van der Waals surface area contributed by atoms with E-state index in [1.54, 1.807) is 13.8 Å². The van der Waals surface area contributed by atoms with Crippen molar-refractivity contribution >= 4 is 23.4 Å². The molecule has 3 unspecified atom stereocenters. The van der Waals surface area contributed by atoms with E-state index in [0.29, 0.717) is 18.8 Å². The van der Waals surface area contributed by atoms with Crippen LogP contribution in [0.1, 0.15) is 67.2 Å². The van der Waals surface area contributed by atoms with Gasteiger partial charge in [0, 0.05) is 31.2 Å². The highest BCUT2D eigenvalue weighted by Crippen LogP contribution is 2.08. The molecule has 0 aliphatic rings. The summed E-state index contributed by atoms with van der Waals surface area (Å²) in [6, 6.07) is -0.582. The molecule has 0 aliphatic heterocycles. The van der Waals surface area contributed by atoms with Gasteiger partial charge in [0.15, 0.2) is 5.78 Å². The lowest BCUT2D eigenvalue weighted by molar-refractivity contribution is -0.131. The van der Waals surface area contributed by atoms with Crippen LogP contribution in [0.25, 0.3) is 0 Å². The van der Waals surface area contributed by atoms with Crippen molar-refractivity contribution in [2.24, 2.45) is 11.8 Å². The number of nitrogens with one attached hydrogen (secondary N) is 2. The van der Waals surface area contributed by atoms with Gasteiger partial charge in [-0.3, -0.25) is 14.4 Å². The van der Waals surface area contributed by atoms with E-state index in [1.165, 1.54) is 6.92 Å². The molecule has 0 aromatic rings. The number of carbonyl (C=O) groups excluding carboxylic acids is 4. The van der Waals surface area contributed by atoms with E-state index in [-0.39, 0.29) is 42.3 Å². The van der Waals surface area contributed by atoms with Crippen molar-refractivity contribution in [3.8, 4) is 0 Å². The second-order valence-electron chi connectivity index (χ2n) is 6.96. The monoisotopic (exact) mass is 340 g/mol. The maximum atomic E-state index is 12.1. The first-order valence-electron chi connectivity index (χ1n) is 8.66. The number of amides is 2. The van der Waals surface area contributed by atoms with Crippen molar-refractivity contribution < 1.29 is 19.2 Å². The fourth-order valence-electron chi connectivity index (χ4n) is 2.00. The lowest BCUT2D eigenvalue weighted by atomic mass is 9.98. The standard InChI is InChI=1S/C18H32N2O4/c1-11(2)14(5)20-18(24)12(3)10-16(22)15(6)19-17(23)9-7-8-13(4)21/h11-12,14-15H,7-10H2,1-6H3,(H,19,23)(H,20,24). The van der Waals surface area contributed by atoms with Gasteiger partial charge in [0.05, 0.1) is 6.04 Å². The van der Waals surface area contributed by atoms with Crippen LogP contribution in [0.5, 0.6) is 0 Å². The van der Waals surface area contributed by atoms with Gasteiger partial charge in [-0.1, -0.05) is 20.8 Å². The van der Waals surface area contributed by atoms with Crippen molar-refractivity contribution in [3.63, 3.8) is 0 Å². The summed E-state index contributed by atoms with van der Waals surface area (Å²) in [5, 5.41) is 5.52. The Hall–Kier alpha value is -1.72. The second kappa shape index (κ2) is 10.9. The van der Waals surface area contributed by atoms with Crippen LogP contribution in [0, 0.1) is 11.8 Å². The predicted molar refractivity (Wildman–Crippen MR) is 93.4 cm³/mol. The van der Waals surface area contributed by atoms with Crippen molar-refractivity contribution in [2.45, 2.75) is 79.3 Å².